The fraction of sp³-hybridized carbons (Fsp3) is 0.667. The Hall–Kier alpha value is -0.920. The molecule has 1 fully saturated rings. The lowest BCUT2D eigenvalue weighted by Crippen LogP contribution is -2.37. The average molecular weight is 320 g/mol. The van der Waals surface area contributed by atoms with Crippen molar-refractivity contribution in [3.05, 3.63) is 17.0 Å². The predicted molar refractivity (Wildman–Crippen MR) is 77.8 cm³/mol. The third kappa shape index (κ3) is 3.80. The van der Waals surface area contributed by atoms with Crippen LogP contribution in [0.1, 0.15) is 19.5 Å². The van der Waals surface area contributed by atoms with E-state index in [0.717, 1.165) is 0 Å². The summed E-state index contributed by atoms with van der Waals surface area (Å²) in [5, 5.41) is -0.369. The number of morpholine rings is 1. The van der Waals surface area contributed by atoms with E-state index in [0.29, 0.717) is 37.8 Å². The summed E-state index contributed by atoms with van der Waals surface area (Å²) in [7, 11) is -3.21. The summed E-state index contributed by atoms with van der Waals surface area (Å²) in [5.41, 5.74) is 0.431. The molecule has 0 atom stereocenters. The van der Waals surface area contributed by atoms with E-state index in [1.54, 1.807) is 19.9 Å². The normalized spacial score (nSPS) is 16.7. The van der Waals surface area contributed by atoms with E-state index in [9.17, 15) is 8.42 Å². The Kier molecular flexibility index (Phi) is 4.82. The summed E-state index contributed by atoms with van der Waals surface area (Å²) in [4.78, 5) is 10.2. The molecule has 8 heteroatoms. The van der Waals surface area contributed by atoms with E-state index in [2.05, 4.69) is 9.97 Å². The van der Waals surface area contributed by atoms with Crippen LogP contribution in [0.4, 0.5) is 5.82 Å². The van der Waals surface area contributed by atoms with Crippen molar-refractivity contribution < 1.29 is 13.2 Å². The van der Waals surface area contributed by atoms with Gasteiger partial charge in [0.05, 0.1) is 29.9 Å². The Morgan fingerprint density at radius 3 is 2.60 bits per heavy atom. The Morgan fingerprint density at radius 1 is 1.35 bits per heavy atom. The lowest BCUT2D eigenvalue weighted by molar-refractivity contribution is 0.122. The highest BCUT2D eigenvalue weighted by Gasteiger charge is 2.20. The molecule has 0 spiro atoms. The quantitative estimate of drug-likeness (QED) is 0.779. The van der Waals surface area contributed by atoms with E-state index in [1.807, 2.05) is 4.90 Å². The van der Waals surface area contributed by atoms with Crippen LogP contribution in [0.5, 0.6) is 0 Å². The second-order valence-corrected chi connectivity index (χ2v) is 7.84. The second kappa shape index (κ2) is 6.24. The van der Waals surface area contributed by atoms with Gasteiger partial charge in [-0.1, -0.05) is 0 Å². The van der Waals surface area contributed by atoms with Crippen molar-refractivity contribution >= 4 is 27.3 Å². The van der Waals surface area contributed by atoms with Crippen LogP contribution in [-0.2, 0) is 20.3 Å². The van der Waals surface area contributed by atoms with Gasteiger partial charge in [0.1, 0.15) is 5.82 Å². The van der Waals surface area contributed by atoms with Crippen molar-refractivity contribution in [1.82, 2.24) is 9.97 Å². The van der Waals surface area contributed by atoms with Crippen LogP contribution in [0.3, 0.4) is 0 Å². The standard InChI is InChI=1S/C12H18ClN3O3S/c1-9(2)20(17,18)8-10-7-11(15-12(13)14-10)16-3-5-19-6-4-16/h7,9H,3-6,8H2,1-2H3. The molecule has 6 nitrogen and oxygen atoms in total. The third-order valence-electron chi connectivity index (χ3n) is 3.14. The van der Waals surface area contributed by atoms with Gasteiger partial charge in [0.25, 0.3) is 0 Å². The first kappa shape index (κ1) is 15.5. The van der Waals surface area contributed by atoms with Gasteiger partial charge in [-0.2, -0.15) is 0 Å². The molecule has 0 unspecified atom stereocenters. The molecule has 1 aliphatic heterocycles. The number of hydrogen-bond acceptors (Lipinski definition) is 6. The summed E-state index contributed by atoms with van der Waals surface area (Å²) in [5.74, 6) is 0.534. The van der Waals surface area contributed by atoms with Crippen LogP contribution in [0.25, 0.3) is 0 Å². The van der Waals surface area contributed by atoms with E-state index in [1.165, 1.54) is 0 Å². The SMILES string of the molecule is CC(C)S(=O)(=O)Cc1cc(N2CCOCC2)nc(Cl)n1. The van der Waals surface area contributed by atoms with Gasteiger partial charge in [-0.3, -0.25) is 0 Å². The summed E-state index contributed by atoms with van der Waals surface area (Å²) in [6.07, 6.45) is 0. The van der Waals surface area contributed by atoms with Crippen LogP contribution < -0.4 is 4.90 Å². The minimum atomic E-state index is -3.21. The highest BCUT2D eigenvalue weighted by atomic mass is 35.5. The molecule has 2 heterocycles. The van der Waals surface area contributed by atoms with Gasteiger partial charge in [-0.15, -0.1) is 0 Å². The Labute approximate surface area is 124 Å². The molecule has 1 aromatic heterocycles. The fourth-order valence-electron chi connectivity index (χ4n) is 1.85. The van der Waals surface area contributed by atoms with Crippen LogP contribution in [-0.4, -0.2) is 49.9 Å². The molecule has 0 amide bonds. The van der Waals surface area contributed by atoms with Crippen molar-refractivity contribution in [2.24, 2.45) is 0 Å². The summed E-state index contributed by atoms with van der Waals surface area (Å²) in [6.45, 7) is 5.98. The van der Waals surface area contributed by atoms with E-state index < -0.39 is 15.1 Å². The smallest absolute Gasteiger partial charge is 0.224 e. The summed E-state index contributed by atoms with van der Waals surface area (Å²) < 4.78 is 29.2. The molecule has 1 saturated heterocycles. The van der Waals surface area contributed by atoms with Crippen molar-refractivity contribution in [3.8, 4) is 0 Å². The van der Waals surface area contributed by atoms with E-state index in [4.69, 9.17) is 16.3 Å². The Morgan fingerprint density at radius 2 is 2.00 bits per heavy atom. The van der Waals surface area contributed by atoms with Gasteiger partial charge in [-0.25, -0.2) is 18.4 Å². The molecular weight excluding hydrogens is 302 g/mol. The van der Waals surface area contributed by atoms with Gasteiger partial charge >= 0.3 is 0 Å². The van der Waals surface area contributed by atoms with Crippen LogP contribution in [0.15, 0.2) is 6.07 Å². The highest BCUT2D eigenvalue weighted by Crippen LogP contribution is 2.19. The van der Waals surface area contributed by atoms with Crippen molar-refractivity contribution in [2.45, 2.75) is 24.9 Å². The fourth-order valence-corrected chi connectivity index (χ4v) is 2.94. The molecule has 2 rings (SSSR count). The first-order valence-corrected chi connectivity index (χ1v) is 8.55. The number of anilines is 1. The molecule has 112 valence electrons. The van der Waals surface area contributed by atoms with E-state index in [-0.39, 0.29) is 11.0 Å². The first-order chi connectivity index (χ1) is 9.38. The van der Waals surface area contributed by atoms with Crippen molar-refractivity contribution in [2.75, 3.05) is 31.2 Å². The summed E-state index contributed by atoms with van der Waals surface area (Å²) in [6, 6.07) is 1.69. The molecule has 0 N–H and O–H groups in total. The van der Waals surface area contributed by atoms with Crippen molar-refractivity contribution in [3.63, 3.8) is 0 Å². The number of hydrogen-bond donors (Lipinski definition) is 0. The third-order valence-corrected chi connectivity index (χ3v) is 5.44. The van der Waals surface area contributed by atoms with Crippen LogP contribution in [0.2, 0.25) is 5.28 Å². The second-order valence-electron chi connectivity index (χ2n) is 4.94. The molecule has 0 saturated carbocycles. The minimum Gasteiger partial charge on any atom is -0.378 e. The number of sulfone groups is 1. The Balaban J connectivity index is 2.24. The van der Waals surface area contributed by atoms with Crippen LogP contribution >= 0.6 is 11.6 Å². The van der Waals surface area contributed by atoms with Gasteiger partial charge in [-0.05, 0) is 25.4 Å². The maximum atomic E-state index is 12.0. The molecule has 0 bridgehead atoms. The maximum Gasteiger partial charge on any atom is 0.224 e. The lowest BCUT2D eigenvalue weighted by Gasteiger charge is -2.28. The zero-order valence-corrected chi connectivity index (χ0v) is 13.1. The number of nitrogens with zero attached hydrogens (tertiary/aromatic N) is 3. The molecule has 0 radical (unpaired) electrons. The topological polar surface area (TPSA) is 72.4 Å². The molecular formula is C12H18ClN3O3S. The summed E-state index contributed by atoms with van der Waals surface area (Å²) >= 11 is 5.90. The molecule has 1 aliphatic rings. The van der Waals surface area contributed by atoms with Crippen LogP contribution in [0, 0.1) is 0 Å². The maximum absolute atomic E-state index is 12.0. The average Bonchev–Trinajstić information content (AvgIpc) is 2.38. The zero-order chi connectivity index (χ0) is 14.8. The van der Waals surface area contributed by atoms with Gasteiger partial charge in [0.2, 0.25) is 5.28 Å². The zero-order valence-electron chi connectivity index (χ0n) is 11.5. The Bertz CT molecular complexity index is 571. The lowest BCUT2D eigenvalue weighted by atomic mass is 10.3. The van der Waals surface area contributed by atoms with Gasteiger partial charge in [0, 0.05) is 19.2 Å². The minimum absolute atomic E-state index is 0.0722. The first-order valence-electron chi connectivity index (χ1n) is 6.46. The van der Waals surface area contributed by atoms with E-state index >= 15 is 0 Å². The monoisotopic (exact) mass is 319 g/mol. The molecule has 0 aromatic carbocycles. The van der Waals surface area contributed by atoms with Gasteiger partial charge < -0.3 is 9.64 Å². The molecule has 20 heavy (non-hydrogen) atoms. The highest BCUT2D eigenvalue weighted by molar-refractivity contribution is 7.91. The van der Waals surface area contributed by atoms with Gasteiger partial charge in [0.15, 0.2) is 9.84 Å². The number of rotatable bonds is 4. The predicted octanol–water partition coefficient (Wildman–Crippen LogP) is 1.29. The number of halogens is 1. The molecule has 1 aromatic rings. The largest absolute Gasteiger partial charge is 0.378 e. The molecule has 0 aliphatic carbocycles. The van der Waals surface area contributed by atoms with Crippen molar-refractivity contribution in [1.29, 1.82) is 0 Å². The number of ether oxygens (including phenoxy) is 1. The number of aromatic nitrogens is 2.